The van der Waals surface area contributed by atoms with Crippen LogP contribution in [0.15, 0.2) is 22.6 Å². The van der Waals surface area contributed by atoms with Crippen molar-refractivity contribution >= 4 is 11.1 Å². The van der Waals surface area contributed by atoms with Crippen LogP contribution in [-0.2, 0) is 4.74 Å². The molecule has 19 heavy (non-hydrogen) atoms. The van der Waals surface area contributed by atoms with E-state index in [1.807, 2.05) is 0 Å². The smallest absolute Gasteiger partial charge is 0.198 e. The molecule has 100 valence electrons. The molecule has 0 aliphatic carbocycles. The number of benzene rings is 1. The quantitative estimate of drug-likeness (QED) is 0.898. The van der Waals surface area contributed by atoms with Gasteiger partial charge in [-0.1, -0.05) is 6.07 Å². The van der Waals surface area contributed by atoms with Crippen LogP contribution in [0.4, 0.5) is 0 Å². The van der Waals surface area contributed by atoms with Crippen molar-refractivity contribution in [3.05, 3.63) is 29.7 Å². The third kappa shape index (κ3) is 2.05. The molecule has 2 fully saturated rings. The van der Waals surface area contributed by atoms with Crippen molar-refractivity contribution in [1.29, 1.82) is 0 Å². The second kappa shape index (κ2) is 4.62. The molecule has 1 N–H and O–H groups in total. The topological polar surface area (TPSA) is 47.3 Å². The average Bonchev–Trinajstić information content (AvgIpc) is 2.81. The van der Waals surface area contributed by atoms with Crippen LogP contribution in [0.5, 0.6) is 0 Å². The van der Waals surface area contributed by atoms with E-state index in [9.17, 15) is 0 Å². The van der Waals surface area contributed by atoms with Gasteiger partial charge in [0.2, 0.25) is 0 Å². The Hall–Kier alpha value is -1.39. The van der Waals surface area contributed by atoms with Gasteiger partial charge in [0.15, 0.2) is 11.5 Å². The molecule has 0 amide bonds. The van der Waals surface area contributed by atoms with Crippen molar-refractivity contribution in [2.24, 2.45) is 0 Å². The summed E-state index contributed by atoms with van der Waals surface area (Å²) in [6, 6.07) is 6.37. The largest absolute Gasteiger partial charge is 0.440 e. The Morgan fingerprint density at radius 1 is 1.11 bits per heavy atom. The molecule has 2 aliphatic heterocycles. The molecule has 4 nitrogen and oxygen atoms in total. The molecule has 0 unspecified atom stereocenters. The standard InChI is InChI=1S/C15H18N2O2/c1-2-14-13(7-11(1)12-8-18-9-12)17-15(19-14)10-3-5-16-6-4-10/h1-2,7,10,12,16H,3-6,8-9H2. The molecule has 4 heteroatoms. The predicted octanol–water partition coefficient (Wildman–Crippen LogP) is 2.41. The first-order valence-electron chi connectivity index (χ1n) is 7.09. The maximum absolute atomic E-state index is 5.92. The number of piperidine rings is 1. The van der Waals surface area contributed by atoms with Crippen LogP contribution in [0.3, 0.4) is 0 Å². The van der Waals surface area contributed by atoms with Gasteiger partial charge in [0, 0.05) is 11.8 Å². The van der Waals surface area contributed by atoms with E-state index in [0.717, 1.165) is 56.1 Å². The number of hydrogen-bond acceptors (Lipinski definition) is 4. The summed E-state index contributed by atoms with van der Waals surface area (Å²) < 4.78 is 11.2. The first-order valence-corrected chi connectivity index (χ1v) is 7.09. The van der Waals surface area contributed by atoms with E-state index in [4.69, 9.17) is 14.1 Å². The number of fused-ring (bicyclic) bond motifs is 1. The molecule has 0 saturated carbocycles. The molecule has 0 bridgehead atoms. The highest BCUT2D eigenvalue weighted by Gasteiger charge is 2.23. The van der Waals surface area contributed by atoms with Crippen molar-refractivity contribution in [3.8, 4) is 0 Å². The fourth-order valence-corrected chi connectivity index (χ4v) is 2.89. The number of hydrogen-bond donors (Lipinski definition) is 1. The van der Waals surface area contributed by atoms with Crippen LogP contribution in [0.1, 0.15) is 36.1 Å². The van der Waals surface area contributed by atoms with Gasteiger partial charge in [-0.25, -0.2) is 4.98 Å². The Bertz CT molecular complexity index is 583. The summed E-state index contributed by atoms with van der Waals surface area (Å²) in [5.41, 5.74) is 3.24. The van der Waals surface area contributed by atoms with Crippen LogP contribution >= 0.6 is 0 Å². The normalized spacial score (nSPS) is 21.7. The van der Waals surface area contributed by atoms with Crippen molar-refractivity contribution in [2.45, 2.75) is 24.7 Å². The summed E-state index contributed by atoms with van der Waals surface area (Å²) >= 11 is 0. The predicted molar refractivity (Wildman–Crippen MR) is 72.4 cm³/mol. The second-order valence-electron chi connectivity index (χ2n) is 5.54. The van der Waals surface area contributed by atoms with E-state index in [0.29, 0.717) is 11.8 Å². The maximum Gasteiger partial charge on any atom is 0.198 e. The van der Waals surface area contributed by atoms with Crippen molar-refractivity contribution in [2.75, 3.05) is 26.3 Å². The van der Waals surface area contributed by atoms with E-state index in [1.54, 1.807) is 0 Å². The summed E-state index contributed by atoms with van der Waals surface area (Å²) in [4.78, 5) is 4.70. The Labute approximate surface area is 112 Å². The van der Waals surface area contributed by atoms with Gasteiger partial charge in [-0.2, -0.15) is 0 Å². The molecule has 0 spiro atoms. The lowest BCUT2D eigenvalue weighted by Crippen LogP contribution is -2.26. The summed E-state index contributed by atoms with van der Waals surface area (Å²) in [6.45, 7) is 3.80. The monoisotopic (exact) mass is 258 g/mol. The molecule has 4 rings (SSSR count). The lowest BCUT2D eigenvalue weighted by atomic mass is 9.97. The average molecular weight is 258 g/mol. The minimum Gasteiger partial charge on any atom is -0.440 e. The van der Waals surface area contributed by atoms with E-state index >= 15 is 0 Å². The second-order valence-corrected chi connectivity index (χ2v) is 5.54. The van der Waals surface area contributed by atoms with Gasteiger partial charge in [0.1, 0.15) is 5.52 Å². The maximum atomic E-state index is 5.92. The van der Waals surface area contributed by atoms with E-state index in [-0.39, 0.29) is 0 Å². The zero-order valence-corrected chi connectivity index (χ0v) is 10.9. The molecular formula is C15H18N2O2. The van der Waals surface area contributed by atoms with Gasteiger partial charge in [0.25, 0.3) is 0 Å². The summed E-state index contributed by atoms with van der Waals surface area (Å²) in [5, 5.41) is 3.37. The number of rotatable bonds is 2. The van der Waals surface area contributed by atoms with Crippen LogP contribution < -0.4 is 5.32 Å². The third-order valence-corrected chi connectivity index (χ3v) is 4.23. The number of aromatic nitrogens is 1. The van der Waals surface area contributed by atoms with E-state index in [2.05, 4.69) is 23.5 Å². The number of nitrogens with one attached hydrogen (secondary N) is 1. The van der Waals surface area contributed by atoms with E-state index in [1.165, 1.54) is 5.56 Å². The van der Waals surface area contributed by atoms with Crippen molar-refractivity contribution in [1.82, 2.24) is 10.3 Å². The minimum absolute atomic E-state index is 0.476. The van der Waals surface area contributed by atoms with Crippen LogP contribution in [0.25, 0.3) is 11.1 Å². The lowest BCUT2D eigenvalue weighted by molar-refractivity contribution is 0.00847. The zero-order chi connectivity index (χ0) is 12.7. The van der Waals surface area contributed by atoms with Gasteiger partial charge in [0.05, 0.1) is 13.2 Å². The highest BCUT2D eigenvalue weighted by atomic mass is 16.5. The fourth-order valence-electron chi connectivity index (χ4n) is 2.89. The zero-order valence-electron chi connectivity index (χ0n) is 10.9. The molecule has 2 aliphatic rings. The first-order chi connectivity index (χ1) is 9.40. The third-order valence-electron chi connectivity index (χ3n) is 4.23. The Balaban J connectivity index is 1.66. The molecule has 0 radical (unpaired) electrons. The highest BCUT2D eigenvalue weighted by molar-refractivity contribution is 5.73. The van der Waals surface area contributed by atoms with Gasteiger partial charge in [-0.05, 0) is 43.6 Å². The van der Waals surface area contributed by atoms with Crippen LogP contribution in [0.2, 0.25) is 0 Å². The Kier molecular flexibility index (Phi) is 2.78. The summed E-state index contributed by atoms with van der Waals surface area (Å²) in [6.07, 6.45) is 2.24. The van der Waals surface area contributed by atoms with Crippen LogP contribution in [-0.4, -0.2) is 31.3 Å². The fraction of sp³-hybridized carbons (Fsp3) is 0.533. The molecule has 2 aromatic rings. The molecule has 0 atom stereocenters. The molecule has 2 saturated heterocycles. The summed E-state index contributed by atoms with van der Waals surface area (Å²) in [7, 11) is 0. The Morgan fingerprint density at radius 3 is 2.68 bits per heavy atom. The molecule has 3 heterocycles. The van der Waals surface area contributed by atoms with E-state index < -0.39 is 0 Å². The number of ether oxygens (including phenoxy) is 1. The summed E-state index contributed by atoms with van der Waals surface area (Å²) in [5.74, 6) is 1.94. The Morgan fingerprint density at radius 2 is 1.95 bits per heavy atom. The van der Waals surface area contributed by atoms with Gasteiger partial charge in [-0.15, -0.1) is 0 Å². The van der Waals surface area contributed by atoms with Gasteiger partial charge in [-0.3, -0.25) is 0 Å². The first kappa shape index (κ1) is 11.4. The minimum atomic E-state index is 0.476. The van der Waals surface area contributed by atoms with Crippen LogP contribution in [0, 0.1) is 0 Å². The number of nitrogens with zero attached hydrogens (tertiary/aromatic N) is 1. The van der Waals surface area contributed by atoms with Crippen molar-refractivity contribution < 1.29 is 9.15 Å². The highest BCUT2D eigenvalue weighted by Crippen LogP contribution is 2.30. The van der Waals surface area contributed by atoms with Gasteiger partial charge < -0.3 is 14.5 Å². The molecule has 1 aromatic heterocycles. The molecule has 1 aromatic carbocycles. The SMILES string of the molecule is c1cc2oc(C3CCNCC3)nc2cc1C1COC1. The number of oxazole rings is 1. The van der Waals surface area contributed by atoms with Gasteiger partial charge >= 0.3 is 0 Å². The molecular weight excluding hydrogens is 240 g/mol. The van der Waals surface area contributed by atoms with Crippen molar-refractivity contribution in [3.63, 3.8) is 0 Å². The lowest BCUT2D eigenvalue weighted by Gasteiger charge is -2.26.